The fraction of sp³-hybridized carbons (Fsp3) is 0.333. The lowest BCUT2D eigenvalue weighted by molar-refractivity contribution is 0.102. The van der Waals surface area contributed by atoms with Crippen molar-refractivity contribution in [3.05, 3.63) is 48.2 Å². The number of nitrogens with one attached hydrogen (secondary N) is 1. The number of rotatable bonds is 6. The molecule has 1 saturated heterocycles. The van der Waals surface area contributed by atoms with Crippen LogP contribution in [-0.2, 0) is 4.74 Å². The molecule has 1 amide bonds. The highest BCUT2D eigenvalue weighted by atomic mass is 16.5. The van der Waals surface area contributed by atoms with Gasteiger partial charge < -0.3 is 19.5 Å². The van der Waals surface area contributed by atoms with E-state index in [1.807, 2.05) is 19.1 Å². The Balaban J connectivity index is 1.57. The molecule has 126 valence electrons. The van der Waals surface area contributed by atoms with Crippen LogP contribution < -0.4 is 14.8 Å². The number of aromatic nitrogens is 1. The molecule has 1 fully saturated rings. The largest absolute Gasteiger partial charge is 0.494 e. The van der Waals surface area contributed by atoms with Crippen LogP contribution in [0.5, 0.6) is 11.6 Å². The summed E-state index contributed by atoms with van der Waals surface area (Å²) in [5.41, 5.74) is 1.17. The van der Waals surface area contributed by atoms with Gasteiger partial charge in [-0.1, -0.05) is 0 Å². The van der Waals surface area contributed by atoms with Gasteiger partial charge in [-0.2, -0.15) is 0 Å². The molecule has 1 atom stereocenters. The van der Waals surface area contributed by atoms with Crippen molar-refractivity contribution in [2.45, 2.75) is 19.4 Å². The fourth-order valence-electron chi connectivity index (χ4n) is 2.37. The molecule has 1 aromatic heterocycles. The van der Waals surface area contributed by atoms with E-state index in [0.717, 1.165) is 12.2 Å². The zero-order chi connectivity index (χ0) is 16.8. The van der Waals surface area contributed by atoms with E-state index in [0.29, 0.717) is 37.0 Å². The van der Waals surface area contributed by atoms with Crippen LogP contribution in [0.1, 0.15) is 23.7 Å². The van der Waals surface area contributed by atoms with E-state index < -0.39 is 0 Å². The molecule has 6 heteroatoms. The van der Waals surface area contributed by atoms with Gasteiger partial charge >= 0.3 is 0 Å². The molecule has 0 radical (unpaired) electrons. The summed E-state index contributed by atoms with van der Waals surface area (Å²) in [6, 6.07) is 10.6. The van der Waals surface area contributed by atoms with Crippen molar-refractivity contribution in [3.8, 4) is 11.6 Å². The van der Waals surface area contributed by atoms with Crippen LogP contribution in [0.15, 0.2) is 42.6 Å². The Morgan fingerprint density at radius 1 is 1.29 bits per heavy atom. The molecule has 3 rings (SSSR count). The lowest BCUT2D eigenvalue weighted by atomic mass is 10.2. The molecule has 24 heavy (non-hydrogen) atoms. The maximum atomic E-state index is 12.2. The third-order valence-corrected chi connectivity index (χ3v) is 3.60. The Morgan fingerprint density at radius 2 is 2.12 bits per heavy atom. The maximum Gasteiger partial charge on any atom is 0.257 e. The van der Waals surface area contributed by atoms with Gasteiger partial charge in [-0.3, -0.25) is 4.79 Å². The summed E-state index contributed by atoms with van der Waals surface area (Å²) in [5.74, 6) is 1.06. The van der Waals surface area contributed by atoms with Gasteiger partial charge in [-0.25, -0.2) is 4.98 Å². The Morgan fingerprint density at radius 3 is 2.75 bits per heavy atom. The van der Waals surface area contributed by atoms with Gasteiger partial charge in [0.1, 0.15) is 11.9 Å². The van der Waals surface area contributed by atoms with Crippen molar-refractivity contribution in [1.29, 1.82) is 0 Å². The number of hydrogen-bond donors (Lipinski definition) is 1. The van der Waals surface area contributed by atoms with Crippen LogP contribution in [-0.4, -0.2) is 36.8 Å². The Bertz CT molecular complexity index is 664. The second kappa shape index (κ2) is 7.79. The molecule has 0 aliphatic carbocycles. The van der Waals surface area contributed by atoms with Gasteiger partial charge in [0.25, 0.3) is 5.91 Å². The average molecular weight is 328 g/mol. The Kier molecular flexibility index (Phi) is 5.28. The third-order valence-electron chi connectivity index (χ3n) is 3.60. The van der Waals surface area contributed by atoms with Crippen molar-refractivity contribution in [1.82, 2.24) is 4.98 Å². The summed E-state index contributed by atoms with van der Waals surface area (Å²) >= 11 is 0. The van der Waals surface area contributed by atoms with Crippen LogP contribution >= 0.6 is 0 Å². The van der Waals surface area contributed by atoms with Crippen molar-refractivity contribution < 1.29 is 19.0 Å². The van der Waals surface area contributed by atoms with E-state index in [1.54, 1.807) is 24.3 Å². The van der Waals surface area contributed by atoms with Gasteiger partial charge in [0.05, 0.1) is 25.4 Å². The number of nitrogens with zero attached hydrogens (tertiary/aromatic N) is 1. The van der Waals surface area contributed by atoms with Gasteiger partial charge in [-0.15, -0.1) is 0 Å². The van der Waals surface area contributed by atoms with Crippen molar-refractivity contribution in [3.63, 3.8) is 0 Å². The minimum Gasteiger partial charge on any atom is -0.494 e. The number of ether oxygens (including phenoxy) is 3. The fourth-order valence-corrected chi connectivity index (χ4v) is 2.37. The quantitative estimate of drug-likeness (QED) is 0.883. The molecule has 0 spiro atoms. The SMILES string of the molecule is CCOc1ccc(NC(=O)c2ccc(OC3CCOC3)nc2)cc1. The van der Waals surface area contributed by atoms with Gasteiger partial charge in [0.15, 0.2) is 0 Å². The van der Waals surface area contributed by atoms with Crippen LogP contribution in [0.3, 0.4) is 0 Å². The number of carbonyl (C=O) groups excluding carboxylic acids is 1. The lowest BCUT2D eigenvalue weighted by Crippen LogP contribution is -2.17. The van der Waals surface area contributed by atoms with Crippen molar-refractivity contribution in [2.75, 3.05) is 25.1 Å². The molecule has 2 heterocycles. The minimum atomic E-state index is -0.220. The molecule has 1 aliphatic heterocycles. The number of benzene rings is 1. The zero-order valence-corrected chi connectivity index (χ0v) is 13.5. The number of carbonyl (C=O) groups is 1. The monoisotopic (exact) mass is 328 g/mol. The molecule has 1 unspecified atom stereocenters. The van der Waals surface area contributed by atoms with Gasteiger partial charge in [-0.05, 0) is 37.3 Å². The van der Waals surface area contributed by atoms with E-state index in [1.165, 1.54) is 6.20 Å². The highest BCUT2D eigenvalue weighted by Gasteiger charge is 2.17. The van der Waals surface area contributed by atoms with E-state index in [2.05, 4.69) is 10.3 Å². The van der Waals surface area contributed by atoms with E-state index in [-0.39, 0.29) is 12.0 Å². The molecular weight excluding hydrogens is 308 g/mol. The smallest absolute Gasteiger partial charge is 0.257 e. The second-order valence-corrected chi connectivity index (χ2v) is 5.40. The molecule has 0 bridgehead atoms. The van der Waals surface area contributed by atoms with Crippen LogP contribution in [0.25, 0.3) is 0 Å². The highest BCUT2D eigenvalue weighted by molar-refractivity contribution is 6.04. The lowest BCUT2D eigenvalue weighted by Gasteiger charge is -2.11. The van der Waals surface area contributed by atoms with E-state index in [9.17, 15) is 4.79 Å². The molecule has 0 saturated carbocycles. The summed E-state index contributed by atoms with van der Waals surface area (Å²) < 4.78 is 16.3. The Labute approximate surface area is 140 Å². The number of anilines is 1. The summed E-state index contributed by atoms with van der Waals surface area (Å²) in [5, 5.41) is 2.82. The minimum absolute atomic E-state index is 0.0426. The van der Waals surface area contributed by atoms with E-state index in [4.69, 9.17) is 14.2 Å². The first-order valence-electron chi connectivity index (χ1n) is 7.99. The summed E-state index contributed by atoms with van der Waals surface area (Å²) in [4.78, 5) is 16.4. The number of hydrogen-bond acceptors (Lipinski definition) is 5. The molecular formula is C18H20N2O4. The molecule has 2 aromatic rings. The second-order valence-electron chi connectivity index (χ2n) is 5.40. The van der Waals surface area contributed by atoms with Crippen molar-refractivity contribution in [2.24, 2.45) is 0 Å². The van der Waals surface area contributed by atoms with E-state index >= 15 is 0 Å². The molecule has 1 aromatic carbocycles. The van der Waals surface area contributed by atoms with Crippen LogP contribution in [0.2, 0.25) is 0 Å². The summed E-state index contributed by atoms with van der Waals surface area (Å²) in [7, 11) is 0. The predicted octanol–water partition coefficient (Wildman–Crippen LogP) is 2.90. The van der Waals surface area contributed by atoms with Gasteiger partial charge in [0, 0.05) is 24.4 Å². The predicted molar refractivity (Wildman–Crippen MR) is 89.7 cm³/mol. The summed E-state index contributed by atoms with van der Waals surface area (Å²) in [6.45, 7) is 3.84. The first-order chi connectivity index (χ1) is 11.7. The first kappa shape index (κ1) is 16.3. The zero-order valence-electron chi connectivity index (χ0n) is 13.5. The number of amides is 1. The molecule has 1 aliphatic rings. The maximum absolute atomic E-state index is 12.2. The average Bonchev–Trinajstić information content (AvgIpc) is 3.10. The van der Waals surface area contributed by atoms with Gasteiger partial charge in [0.2, 0.25) is 5.88 Å². The normalized spacial score (nSPS) is 16.6. The molecule has 6 nitrogen and oxygen atoms in total. The van der Waals surface area contributed by atoms with Crippen LogP contribution in [0.4, 0.5) is 5.69 Å². The third kappa shape index (κ3) is 4.23. The highest BCUT2D eigenvalue weighted by Crippen LogP contribution is 2.18. The first-order valence-corrected chi connectivity index (χ1v) is 7.99. The van der Waals surface area contributed by atoms with Crippen LogP contribution in [0, 0.1) is 0 Å². The summed E-state index contributed by atoms with van der Waals surface area (Å²) in [6.07, 6.45) is 2.41. The topological polar surface area (TPSA) is 69.7 Å². The van der Waals surface area contributed by atoms with Crippen molar-refractivity contribution >= 4 is 11.6 Å². The standard InChI is InChI=1S/C18H20N2O4/c1-2-23-15-6-4-14(5-7-15)20-18(21)13-3-8-17(19-11-13)24-16-9-10-22-12-16/h3-8,11,16H,2,9-10,12H2,1H3,(H,20,21). The Hall–Kier alpha value is -2.60. The number of pyridine rings is 1. The molecule has 1 N–H and O–H groups in total.